The second kappa shape index (κ2) is 12.6. The first kappa shape index (κ1) is 23.3. The second-order valence-electron chi connectivity index (χ2n) is 6.65. The third-order valence-corrected chi connectivity index (χ3v) is 4.28. The molecule has 1 atom stereocenters. The van der Waals surface area contributed by atoms with Gasteiger partial charge in [0.1, 0.15) is 18.5 Å². The molecular formula is C22H30N4O4. The number of aryl methyl sites for hydroxylation is 1. The molecule has 0 spiro atoms. The first-order valence-electron chi connectivity index (χ1n) is 9.85. The normalized spacial score (nSPS) is 11.5. The van der Waals surface area contributed by atoms with Crippen LogP contribution in [0, 0.1) is 0 Å². The first-order valence-corrected chi connectivity index (χ1v) is 9.85. The Labute approximate surface area is 176 Å². The summed E-state index contributed by atoms with van der Waals surface area (Å²) in [6.45, 7) is 3.81. The predicted octanol–water partition coefficient (Wildman–Crippen LogP) is 2.02. The van der Waals surface area contributed by atoms with Crippen LogP contribution in [0.2, 0.25) is 0 Å². The van der Waals surface area contributed by atoms with E-state index in [2.05, 4.69) is 26.3 Å². The maximum absolute atomic E-state index is 11.0. The Morgan fingerprint density at radius 2 is 1.90 bits per heavy atom. The van der Waals surface area contributed by atoms with E-state index in [0.717, 1.165) is 37.7 Å². The summed E-state index contributed by atoms with van der Waals surface area (Å²) in [5, 5.41) is 23.0. The topological polar surface area (TPSA) is 109 Å². The number of hydrogen-bond acceptors (Lipinski definition) is 6. The summed E-state index contributed by atoms with van der Waals surface area (Å²) in [4.78, 5) is 15.4. The van der Waals surface area contributed by atoms with Gasteiger partial charge in [-0.3, -0.25) is 4.79 Å². The Kier molecular flexibility index (Phi) is 9.79. The Morgan fingerprint density at radius 3 is 2.63 bits per heavy atom. The van der Waals surface area contributed by atoms with Gasteiger partial charge in [-0.1, -0.05) is 12.1 Å². The summed E-state index contributed by atoms with van der Waals surface area (Å²) in [5.41, 5.74) is 2.86. The molecule has 0 bridgehead atoms. The molecule has 3 aromatic rings. The maximum Gasteiger partial charge on any atom is 0.221 e. The molecule has 0 aliphatic rings. The van der Waals surface area contributed by atoms with E-state index in [0.29, 0.717) is 18.0 Å². The lowest BCUT2D eigenvalue weighted by Crippen LogP contribution is -2.32. The van der Waals surface area contributed by atoms with Gasteiger partial charge in [-0.25, -0.2) is 4.98 Å². The molecule has 3 rings (SSSR count). The fourth-order valence-corrected chi connectivity index (χ4v) is 2.92. The number of aliphatic hydroxyl groups excluding tert-OH is 2. The van der Waals surface area contributed by atoms with E-state index in [1.165, 1.54) is 6.92 Å². The van der Waals surface area contributed by atoms with Gasteiger partial charge in [0.2, 0.25) is 5.91 Å². The largest absolute Gasteiger partial charge is 0.491 e. The molecule has 0 aliphatic carbocycles. The summed E-state index contributed by atoms with van der Waals surface area (Å²) < 4.78 is 7.72. The van der Waals surface area contributed by atoms with Crippen LogP contribution in [0.25, 0.3) is 11.0 Å². The first-order chi connectivity index (χ1) is 14.6. The zero-order valence-electron chi connectivity index (χ0n) is 17.4. The van der Waals surface area contributed by atoms with E-state index < -0.39 is 6.10 Å². The van der Waals surface area contributed by atoms with Gasteiger partial charge < -0.3 is 30.2 Å². The third kappa shape index (κ3) is 7.47. The van der Waals surface area contributed by atoms with Crippen LogP contribution in [-0.4, -0.2) is 58.6 Å². The highest BCUT2D eigenvalue weighted by atomic mass is 16.5. The fourth-order valence-electron chi connectivity index (χ4n) is 2.92. The number of nitrogens with zero attached hydrogens (tertiary/aromatic N) is 2. The highest BCUT2D eigenvalue weighted by molar-refractivity contribution is 5.88. The quantitative estimate of drug-likeness (QED) is 0.378. The second-order valence-corrected chi connectivity index (χ2v) is 6.65. The number of aliphatic hydroxyl groups is 2. The van der Waals surface area contributed by atoms with Crippen LogP contribution in [0.3, 0.4) is 0 Å². The molecule has 0 saturated heterocycles. The molecule has 30 heavy (non-hydrogen) atoms. The van der Waals surface area contributed by atoms with Crippen LogP contribution in [0.5, 0.6) is 5.75 Å². The molecule has 0 radical (unpaired) electrons. The van der Waals surface area contributed by atoms with Crippen LogP contribution in [-0.2, 0) is 11.3 Å². The molecular weight excluding hydrogens is 384 g/mol. The van der Waals surface area contributed by atoms with Gasteiger partial charge in [0.15, 0.2) is 0 Å². The smallest absolute Gasteiger partial charge is 0.221 e. The highest BCUT2D eigenvalue weighted by Gasteiger charge is 2.06. The lowest BCUT2D eigenvalue weighted by Gasteiger charge is -2.14. The monoisotopic (exact) mass is 414 g/mol. The number of nitrogens with one attached hydrogen (secondary N) is 2. The van der Waals surface area contributed by atoms with Gasteiger partial charge in [-0.2, -0.15) is 0 Å². The lowest BCUT2D eigenvalue weighted by atomic mass is 10.3. The van der Waals surface area contributed by atoms with E-state index in [9.17, 15) is 9.90 Å². The molecule has 0 saturated carbocycles. The fraction of sp³-hybridized carbons (Fsp3) is 0.364. The Balaban J connectivity index is 0.00000155. The van der Waals surface area contributed by atoms with E-state index in [1.54, 1.807) is 24.3 Å². The van der Waals surface area contributed by atoms with Gasteiger partial charge in [-0.15, -0.1) is 0 Å². The average Bonchev–Trinajstić information content (AvgIpc) is 3.17. The van der Waals surface area contributed by atoms with Gasteiger partial charge in [-0.05, 0) is 49.4 Å². The number of imidazole rings is 1. The summed E-state index contributed by atoms with van der Waals surface area (Å²) in [6, 6.07) is 15.1. The molecule has 1 heterocycles. The number of carbonyl (C=O) groups is 1. The number of ether oxygens (including phenoxy) is 1. The molecule has 8 heteroatoms. The van der Waals surface area contributed by atoms with Crippen molar-refractivity contribution >= 4 is 22.6 Å². The summed E-state index contributed by atoms with van der Waals surface area (Å²) in [5.74, 6) is 0.538. The van der Waals surface area contributed by atoms with Crippen molar-refractivity contribution < 1.29 is 19.7 Å². The molecule has 1 amide bonds. The van der Waals surface area contributed by atoms with Crippen LogP contribution in [0.1, 0.15) is 13.3 Å². The van der Waals surface area contributed by atoms with Crippen molar-refractivity contribution in [3.05, 3.63) is 54.9 Å². The van der Waals surface area contributed by atoms with E-state index in [1.807, 2.05) is 24.5 Å². The van der Waals surface area contributed by atoms with Crippen LogP contribution < -0.4 is 15.4 Å². The van der Waals surface area contributed by atoms with E-state index in [4.69, 9.17) is 9.84 Å². The molecule has 4 N–H and O–H groups in total. The highest BCUT2D eigenvalue weighted by Crippen LogP contribution is 2.16. The molecule has 2 aromatic carbocycles. The lowest BCUT2D eigenvalue weighted by molar-refractivity contribution is -0.114. The minimum absolute atomic E-state index is 0.114. The van der Waals surface area contributed by atoms with Crippen molar-refractivity contribution in [2.24, 2.45) is 0 Å². The molecule has 0 fully saturated rings. The zero-order valence-corrected chi connectivity index (χ0v) is 17.4. The van der Waals surface area contributed by atoms with E-state index >= 15 is 0 Å². The Hall–Kier alpha value is -2.94. The zero-order chi connectivity index (χ0) is 21.8. The number of para-hydroxylation sites is 2. The molecule has 1 aromatic heterocycles. The number of hydrogen-bond donors (Lipinski definition) is 4. The van der Waals surface area contributed by atoms with Crippen molar-refractivity contribution in [3.63, 3.8) is 0 Å². The number of amides is 1. The minimum atomic E-state index is -0.593. The number of rotatable bonds is 10. The van der Waals surface area contributed by atoms with Crippen LogP contribution in [0.15, 0.2) is 54.9 Å². The van der Waals surface area contributed by atoms with Crippen molar-refractivity contribution in [1.29, 1.82) is 0 Å². The van der Waals surface area contributed by atoms with Gasteiger partial charge in [0.05, 0.1) is 17.4 Å². The minimum Gasteiger partial charge on any atom is -0.491 e. The Bertz CT molecular complexity index is 896. The SMILES string of the molecule is CC(=O)Nc1ccc(OCC(O)CNCCCn2cnc3ccccc32)cc1.CO. The number of aromatic nitrogens is 2. The van der Waals surface area contributed by atoms with Gasteiger partial charge >= 0.3 is 0 Å². The average molecular weight is 415 g/mol. The van der Waals surface area contributed by atoms with Gasteiger partial charge in [0, 0.05) is 32.8 Å². The third-order valence-electron chi connectivity index (χ3n) is 4.28. The van der Waals surface area contributed by atoms with Crippen LogP contribution >= 0.6 is 0 Å². The standard InChI is InChI=1S/C21H26N4O3.CH4O/c1-16(26)24-17-7-9-19(10-8-17)28-14-18(27)13-22-11-4-12-25-15-23-20-5-2-3-6-21(20)25;1-2/h2-3,5-10,15,18,22,27H,4,11-14H2,1H3,(H,24,26);2H,1H3. The summed E-state index contributed by atoms with van der Waals surface area (Å²) in [6.07, 6.45) is 2.22. The van der Waals surface area contributed by atoms with Crippen molar-refractivity contribution in [3.8, 4) is 5.75 Å². The van der Waals surface area contributed by atoms with Crippen molar-refractivity contribution in [1.82, 2.24) is 14.9 Å². The number of fused-ring (bicyclic) bond motifs is 1. The Morgan fingerprint density at radius 1 is 1.17 bits per heavy atom. The molecule has 0 aliphatic heterocycles. The number of anilines is 1. The summed E-state index contributed by atoms with van der Waals surface area (Å²) in [7, 11) is 1.00. The maximum atomic E-state index is 11.0. The number of carbonyl (C=O) groups excluding carboxylic acids is 1. The summed E-state index contributed by atoms with van der Waals surface area (Å²) >= 11 is 0. The van der Waals surface area contributed by atoms with E-state index in [-0.39, 0.29) is 12.5 Å². The van der Waals surface area contributed by atoms with Crippen LogP contribution in [0.4, 0.5) is 5.69 Å². The number of benzene rings is 2. The predicted molar refractivity (Wildman–Crippen MR) is 118 cm³/mol. The molecule has 162 valence electrons. The van der Waals surface area contributed by atoms with Crippen molar-refractivity contribution in [2.45, 2.75) is 26.0 Å². The van der Waals surface area contributed by atoms with Gasteiger partial charge in [0.25, 0.3) is 0 Å². The molecule has 8 nitrogen and oxygen atoms in total. The molecule has 1 unspecified atom stereocenters. The van der Waals surface area contributed by atoms with Crippen molar-refractivity contribution in [2.75, 3.05) is 32.1 Å².